The molecule has 10 nitrogen and oxygen atoms in total. The van der Waals surface area contributed by atoms with Crippen molar-refractivity contribution in [1.29, 1.82) is 0 Å². The number of nitrogens with zero attached hydrogens (tertiary/aromatic N) is 1. The molecular weight excluding hydrogens is 709 g/mol. The first-order valence-electron chi connectivity index (χ1n) is 18.9. The van der Waals surface area contributed by atoms with Crippen molar-refractivity contribution in [3.63, 3.8) is 0 Å². The van der Waals surface area contributed by atoms with Gasteiger partial charge in [0.1, 0.15) is 17.2 Å². The molecular formula is C46H40N2O8. The van der Waals surface area contributed by atoms with Crippen molar-refractivity contribution in [2.45, 2.75) is 38.5 Å². The highest BCUT2D eigenvalue weighted by Gasteiger charge is 2.47. The zero-order valence-electron chi connectivity index (χ0n) is 30.8. The number of imide groups is 1. The molecule has 2 aliphatic carbocycles. The van der Waals surface area contributed by atoms with Gasteiger partial charge in [0.25, 0.3) is 5.91 Å². The first-order chi connectivity index (χ1) is 27.3. The van der Waals surface area contributed by atoms with Crippen LogP contribution in [0.1, 0.15) is 48.9 Å². The standard InChI is InChI=1S/C46H40N2O8/c1-54-34-21-15-28(16-22-34)29-17-23-35(24-18-29)55-45(52)31-7-6-8-32(27-31)46(53)56-41-26-25-40(36-9-2-3-10-37(36)41)47-42(49)30-13-19-33(20-14-30)48-43(50)38-11-4-5-12-39(38)44(48)51/h2-5,9-10,13-26,31-32,38-39H,6-8,11-12,27H2,1H3,(H,47,49). The Morgan fingerprint density at radius 1 is 0.643 bits per heavy atom. The Labute approximate surface area is 324 Å². The van der Waals surface area contributed by atoms with Crippen molar-refractivity contribution < 1.29 is 38.2 Å². The molecule has 0 aromatic heterocycles. The zero-order chi connectivity index (χ0) is 38.8. The number of anilines is 2. The SMILES string of the molecule is COc1ccc(-c2ccc(OC(=O)C3CCCC(C(=O)Oc4ccc(NC(=O)c5ccc(N6C(=O)C7CC=CCC7C6=O)cc5)c5ccccc45)C3)cc2)cc1. The number of rotatable bonds is 9. The lowest BCUT2D eigenvalue weighted by Crippen LogP contribution is -2.32. The van der Waals surface area contributed by atoms with Gasteiger partial charge in [-0.3, -0.25) is 28.9 Å². The Kier molecular flexibility index (Phi) is 10.2. The van der Waals surface area contributed by atoms with Crippen LogP contribution in [-0.4, -0.2) is 36.8 Å². The third-order valence-electron chi connectivity index (χ3n) is 11.1. The number of methoxy groups -OCH3 is 1. The van der Waals surface area contributed by atoms with E-state index in [-0.39, 0.29) is 35.5 Å². The van der Waals surface area contributed by atoms with Gasteiger partial charge in [0.05, 0.1) is 36.5 Å². The van der Waals surface area contributed by atoms with Crippen LogP contribution in [0.3, 0.4) is 0 Å². The summed E-state index contributed by atoms with van der Waals surface area (Å²) in [6, 6.07) is 32.1. The van der Waals surface area contributed by atoms with Crippen molar-refractivity contribution in [3.8, 4) is 28.4 Å². The average Bonchev–Trinajstić information content (AvgIpc) is 3.50. The van der Waals surface area contributed by atoms with Gasteiger partial charge in [-0.1, -0.05) is 67.1 Å². The first kappa shape index (κ1) is 36.4. The summed E-state index contributed by atoms with van der Waals surface area (Å²) >= 11 is 0. The summed E-state index contributed by atoms with van der Waals surface area (Å²) in [7, 11) is 1.62. The Morgan fingerprint density at radius 3 is 1.82 bits per heavy atom. The third kappa shape index (κ3) is 7.30. The monoisotopic (exact) mass is 748 g/mol. The lowest BCUT2D eigenvalue weighted by molar-refractivity contribution is -0.145. The van der Waals surface area contributed by atoms with E-state index >= 15 is 0 Å². The fourth-order valence-electron chi connectivity index (χ4n) is 7.99. The van der Waals surface area contributed by atoms with Crippen molar-refractivity contribution in [3.05, 3.63) is 127 Å². The quantitative estimate of drug-likeness (QED) is 0.0688. The van der Waals surface area contributed by atoms with Gasteiger partial charge in [0.15, 0.2) is 0 Å². The van der Waals surface area contributed by atoms with Crippen LogP contribution < -0.4 is 24.4 Å². The topological polar surface area (TPSA) is 128 Å². The molecule has 10 heteroatoms. The largest absolute Gasteiger partial charge is 0.497 e. The maximum atomic E-state index is 13.5. The molecule has 1 saturated heterocycles. The molecule has 56 heavy (non-hydrogen) atoms. The van der Waals surface area contributed by atoms with Crippen LogP contribution in [0.5, 0.6) is 17.2 Å². The molecule has 1 saturated carbocycles. The van der Waals surface area contributed by atoms with Crippen LogP contribution >= 0.6 is 0 Å². The van der Waals surface area contributed by atoms with Crippen molar-refractivity contribution in [1.82, 2.24) is 0 Å². The van der Waals surface area contributed by atoms with Crippen LogP contribution in [0, 0.1) is 23.7 Å². The predicted molar refractivity (Wildman–Crippen MR) is 211 cm³/mol. The van der Waals surface area contributed by atoms with Gasteiger partial charge in [-0.2, -0.15) is 0 Å². The third-order valence-corrected chi connectivity index (χ3v) is 11.1. The molecule has 1 N–H and O–H groups in total. The Hall–Kier alpha value is -6.55. The van der Waals surface area contributed by atoms with E-state index in [1.54, 1.807) is 55.6 Å². The second-order valence-electron chi connectivity index (χ2n) is 14.5. The number of benzene rings is 5. The van der Waals surface area contributed by atoms with Crippen LogP contribution in [0.2, 0.25) is 0 Å². The number of hydrogen-bond donors (Lipinski definition) is 1. The van der Waals surface area contributed by atoms with E-state index in [0.29, 0.717) is 77.7 Å². The van der Waals surface area contributed by atoms with Crippen molar-refractivity contribution in [2.75, 3.05) is 17.3 Å². The van der Waals surface area contributed by atoms with E-state index in [1.165, 1.54) is 4.90 Å². The number of amides is 3. The van der Waals surface area contributed by atoms with E-state index in [0.717, 1.165) is 16.9 Å². The van der Waals surface area contributed by atoms with Crippen LogP contribution in [0.4, 0.5) is 11.4 Å². The second-order valence-corrected chi connectivity index (χ2v) is 14.5. The van der Waals surface area contributed by atoms with E-state index in [1.807, 2.05) is 72.8 Å². The smallest absolute Gasteiger partial charge is 0.314 e. The maximum Gasteiger partial charge on any atom is 0.314 e. The summed E-state index contributed by atoms with van der Waals surface area (Å²) in [5, 5.41) is 4.27. The number of ether oxygens (including phenoxy) is 3. The lowest BCUT2D eigenvalue weighted by atomic mass is 9.81. The molecule has 3 aliphatic rings. The molecule has 2 fully saturated rings. The molecule has 0 spiro atoms. The van der Waals surface area contributed by atoms with Gasteiger partial charge in [0.2, 0.25) is 11.8 Å². The number of carbonyl (C=O) groups excluding carboxylic acids is 5. The highest BCUT2D eigenvalue weighted by molar-refractivity contribution is 6.22. The summed E-state index contributed by atoms with van der Waals surface area (Å²) in [6.45, 7) is 0. The molecule has 0 radical (unpaired) electrons. The van der Waals surface area contributed by atoms with E-state index < -0.39 is 17.8 Å². The van der Waals surface area contributed by atoms with Crippen LogP contribution in [0.25, 0.3) is 21.9 Å². The number of esters is 2. The molecule has 4 atom stereocenters. The second kappa shape index (κ2) is 15.7. The minimum Gasteiger partial charge on any atom is -0.497 e. The predicted octanol–water partition coefficient (Wildman–Crippen LogP) is 8.54. The van der Waals surface area contributed by atoms with Crippen molar-refractivity contribution in [2.24, 2.45) is 23.7 Å². The van der Waals surface area contributed by atoms with Gasteiger partial charge in [-0.15, -0.1) is 0 Å². The fraction of sp³-hybridized carbons (Fsp3) is 0.239. The first-order valence-corrected chi connectivity index (χ1v) is 18.9. The van der Waals surface area contributed by atoms with E-state index in [9.17, 15) is 24.0 Å². The van der Waals surface area contributed by atoms with Crippen molar-refractivity contribution >= 4 is 51.8 Å². The molecule has 5 aromatic rings. The normalized spacial score (nSPS) is 20.3. The highest BCUT2D eigenvalue weighted by Crippen LogP contribution is 2.39. The number of hydrogen-bond acceptors (Lipinski definition) is 8. The minimum atomic E-state index is -0.480. The number of carbonyl (C=O) groups is 5. The molecule has 1 aliphatic heterocycles. The Bertz CT molecular complexity index is 2320. The molecule has 282 valence electrons. The van der Waals surface area contributed by atoms with Crippen LogP contribution in [-0.2, 0) is 19.2 Å². The summed E-state index contributed by atoms with van der Waals surface area (Å²) in [5.41, 5.74) is 3.31. The van der Waals surface area contributed by atoms with Gasteiger partial charge < -0.3 is 19.5 Å². The van der Waals surface area contributed by atoms with Gasteiger partial charge in [-0.25, -0.2) is 0 Å². The fourth-order valence-corrected chi connectivity index (χ4v) is 7.99. The lowest BCUT2D eigenvalue weighted by Gasteiger charge is -2.26. The molecule has 8 rings (SSSR count). The molecule has 4 unspecified atom stereocenters. The Balaban J connectivity index is 0.894. The highest BCUT2D eigenvalue weighted by atomic mass is 16.5. The zero-order valence-corrected chi connectivity index (χ0v) is 30.8. The number of fused-ring (bicyclic) bond motifs is 2. The van der Waals surface area contributed by atoms with Crippen LogP contribution in [0.15, 0.2) is 121 Å². The van der Waals surface area contributed by atoms with E-state index in [2.05, 4.69) is 5.32 Å². The van der Waals surface area contributed by atoms with E-state index in [4.69, 9.17) is 14.2 Å². The summed E-state index contributed by atoms with van der Waals surface area (Å²) in [4.78, 5) is 67.4. The molecule has 1 heterocycles. The molecule has 3 amide bonds. The summed E-state index contributed by atoms with van der Waals surface area (Å²) in [5.74, 6) is -1.60. The average molecular weight is 749 g/mol. The number of allylic oxidation sites excluding steroid dienone is 2. The Morgan fingerprint density at radius 2 is 1.21 bits per heavy atom. The van der Waals surface area contributed by atoms with Gasteiger partial charge in [0, 0.05) is 22.0 Å². The minimum absolute atomic E-state index is 0.205. The number of nitrogens with one attached hydrogen (secondary N) is 1. The maximum absolute atomic E-state index is 13.5. The summed E-state index contributed by atoms with van der Waals surface area (Å²) in [6.07, 6.45) is 7.24. The van der Waals surface area contributed by atoms with Gasteiger partial charge >= 0.3 is 11.9 Å². The summed E-state index contributed by atoms with van der Waals surface area (Å²) < 4.78 is 16.9. The van der Waals surface area contributed by atoms with Gasteiger partial charge in [-0.05, 0) is 104 Å². The molecule has 0 bridgehead atoms. The molecule has 5 aromatic carbocycles.